The highest BCUT2D eigenvalue weighted by molar-refractivity contribution is 5.99. The minimum absolute atomic E-state index is 0.122. The number of hydrogen-bond acceptors (Lipinski definition) is 8. The molecule has 0 aliphatic heterocycles. The second-order valence-electron chi connectivity index (χ2n) is 3.84. The summed E-state index contributed by atoms with van der Waals surface area (Å²) in [5.41, 5.74) is -0.351. The van der Waals surface area contributed by atoms with Crippen LogP contribution in [0.1, 0.15) is 0 Å². The highest BCUT2D eigenvalue weighted by Crippen LogP contribution is 2.30. The summed E-state index contributed by atoms with van der Waals surface area (Å²) in [7, 11) is 3.62. The summed E-state index contributed by atoms with van der Waals surface area (Å²) in [5.74, 6) is -1.40. The Labute approximate surface area is 125 Å². The zero-order chi connectivity index (χ0) is 16.7. The van der Waals surface area contributed by atoms with E-state index in [1.807, 2.05) is 0 Å². The third kappa shape index (κ3) is 4.20. The number of hydrogen-bond donors (Lipinski definition) is 1. The van der Waals surface area contributed by atoms with Crippen molar-refractivity contribution in [1.82, 2.24) is 0 Å². The fourth-order valence-corrected chi connectivity index (χ4v) is 1.49. The first-order valence-electron chi connectivity index (χ1n) is 5.90. The van der Waals surface area contributed by atoms with E-state index in [1.165, 1.54) is 19.2 Å². The maximum absolute atomic E-state index is 11.7. The molecule has 0 amide bonds. The Balaban J connectivity index is 3.24. The van der Waals surface area contributed by atoms with E-state index >= 15 is 0 Å². The van der Waals surface area contributed by atoms with Crippen LogP contribution in [0.25, 0.3) is 0 Å². The Morgan fingerprint density at radius 3 is 2.41 bits per heavy atom. The van der Waals surface area contributed by atoms with Gasteiger partial charge in [-0.1, -0.05) is 0 Å². The molecule has 0 spiro atoms. The predicted molar refractivity (Wildman–Crippen MR) is 75.4 cm³/mol. The van der Waals surface area contributed by atoms with Crippen molar-refractivity contribution in [2.75, 3.05) is 26.6 Å². The van der Waals surface area contributed by atoms with Crippen molar-refractivity contribution in [2.45, 2.75) is 0 Å². The molecule has 0 saturated carbocycles. The molecule has 1 N–H and O–H groups in total. The summed E-state index contributed by atoms with van der Waals surface area (Å²) in [6.07, 6.45) is 0.865. The van der Waals surface area contributed by atoms with E-state index < -0.39 is 16.9 Å². The van der Waals surface area contributed by atoms with Crippen LogP contribution < -0.4 is 10.1 Å². The molecule has 0 saturated heterocycles. The lowest BCUT2D eigenvalue weighted by atomic mass is 10.2. The largest absolute Gasteiger partial charge is 0.495 e. The highest BCUT2D eigenvalue weighted by atomic mass is 16.6. The zero-order valence-corrected chi connectivity index (χ0v) is 12.1. The van der Waals surface area contributed by atoms with Crippen molar-refractivity contribution < 1.29 is 28.7 Å². The minimum Gasteiger partial charge on any atom is -0.495 e. The molecule has 0 aromatic heterocycles. The minimum atomic E-state index is -0.848. The van der Waals surface area contributed by atoms with Gasteiger partial charge in [-0.25, -0.2) is 9.59 Å². The lowest BCUT2D eigenvalue weighted by Crippen LogP contribution is -2.16. The first-order chi connectivity index (χ1) is 10.4. The third-order valence-electron chi connectivity index (χ3n) is 2.53. The van der Waals surface area contributed by atoms with Crippen LogP contribution in [-0.2, 0) is 19.1 Å². The van der Waals surface area contributed by atoms with Gasteiger partial charge in [-0.05, 0) is 6.07 Å². The van der Waals surface area contributed by atoms with Crippen molar-refractivity contribution >= 4 is 23.3 Å². The molecule has 9 heteroatoms. The van der Waals surface area contributed by atoms with Gasteiger partial charge in [0.2, 0.25) is 0 Å². The molecule has 0 aliphatic carbocycles. The van der Waals surface area contributed by atoms with Gasteiger partial charge >= 0.3 is 11.9 Å². The molecule has 1 aromatic rings. The molecule has 1 rings (SSSR count). The van der Waals surface area contributed by atoms with E-state index in [1.54, 1.807) is 0 Å². The molecule has 0 fully saturated rings. The fourth-order valence-electron chi connectivity index (χ4n) is 1.49. The Hall–Kier alpha value is -3.10. The number of non-ortho nitro benzene ring substituents is 1. The molecule has 1 aromatic carbocycles. The van der Waals surface area contributed by atoms with E-state index in [2.05, 4.69) is 14.8 Å². The number of nitrogens with one attached hydrogen (secondary N) is 1. The van der Waals surface area contributed by atoms with E-state index in [-0.39, 0.29) is 22.8 Å². The molecule has 22 heavy (non-hydrogen) atoms. The second kappa shape index (κ2) is 7.62. The number of carbonyl (C=O) groups is 2. The topological polar surface area (TPSA) is 117 Å². The standard InChI is InChI=1S/C13H14N2O7/c1-20-11-5-4-8(15(18)19)6-9(11)14-10(13(17)22-3)7-12(16)21-2/h4-7,14H,1-3H3. The monoisotopic (exact) mass is 310 g/mol. The second-order valence-corrected chi connectivity index (χ2v) is 3.84. The van der Waals surface area contributed by atoms with Crippen molar-refractivity contribution in [3.63, 3.8) is 0 Å². The summed E-state index contributed by atoms with van der Waals surface area (Å²) in [6, 6.07) is 3.76. The molecule has 118 valence electrons. The van der Waals surface area contributed by atoms with Gasteiger partial charge in [0, 0.05) is 12.1 Å². The number of benzene rings is 1. The number of nitrogens with zero attached hydrogens (tertiary/aromatic N) is 1. The van der Waals surface area contributed by atoms with Crippen molar-refractivity contribution in [2.24, 2.45) is 0 Å². The van der Waals surface area contributed by atoms with Crippen molar-refractivity contribution in [3.05, 3.63) is 40.1 Å². The molecular formula is C13H14N2O7. The van der Waals surface area contributed by atoms with Crippen LogP contribution in [0.15, 0.2) is 30.0 Å². The smallest absolute Gasteiger partial charge is 0.354 e. The van der Waals surface area contributed by atoms with Gasteiger partial charge in [-0.15, -0.1) is 0 Å². The zero-order valence-electron chi connectivity index (χ0n) is 12.1. The molecule has 9 nitrogen and oxygen atoms in total. The number of methoxy groups -OCH3 is 3. The maximum Gasteiger partial charge on any atom is 0.354 e. The van der Waals surface area contributed by atoms with Crippen LogP contribution >= 0.6 is 0 Å². The maximum atomic E-state index is 11.7. The number of anilines is 1. The average Bonchev–Trinajstić information content (AvgIpc) is 2.52. The van der Waals surface area contributed by atoms with Gasteiger partial charge in [0.1, 0.15) is 11.4 Å². The Morgan fingerprint density at radius 1 is 1.23 bits per heavy atom. The molecule has 0 atom stereocenters. The Kier molecular flexibility index (Phi) is 5.87. The molecule has 0 bridgehead atoms. The van der Waals surface area contributed by atoms with Gasteiger partial charge in [0.05, 0.1) is 38.0 Å². The first-order valence-corrected chi connectivity index (χ1v) is 5.90. The van der Waals surface area contributed by atoms with Crippen LogP contribution in [0.4, 0.5) is 11.4 Å². The normalized spacial score (nSPS) is 10.6. The number of ether oxygens (including phenoxy) is 3. The van der Waals surface area contributed by atoms with E-state index in [4.69, 9.17) is 4.74 Å². The van der Waals surface area contributed by atoms with Gasteiger partial charge < -0.3 is 19.5 Å². The SMILES string of the molecule is COC(=O)C=C(Nc1cc([N+](=O)[O-])ccc1OC)C(=O)OC. The third-order valence-corrected chi connectivity index (χ3v) is 2.53. The van der Waals surface area contributed by atoms with Crippen LogP contribution in [0.5, 0.6) is 5.75 Å². The number of esters is 2. The Bertz CT molecular complexity index is 625. The van der Waals surface area contributed by atoms with E-state index in [0.29, 0.717) is 0 Å². The Morgan fingerprint density at radius 2 is 1.91 bits per heavy atom. The molecule has 0 unspecified atom stereocenters. The summed E-state index contributed by atoms with van der Waals surface area (Å²) < 4.78 is 14.0. The number of rotatable bonds is 6. The number of carbonyl (C=O) groups excluding carboxylic acids is 2. The van der Waals surface area contributed by atoms with Crippen LogP contribution in [0, 0.1) is 10.1 Å². The van der Waals surface area contributed by atoms with Crippen LogP contribution in [-0.4, -0.2) is 38.2 Å². The molecule has 0 radical (unpaired) electrons. The van der Waals surface area contributed by atoms with Crippen LogP contribution in [0.2, 0.25) is 0 Å². The summed E-state index contributed by atoms with van der Waals surface area (Å²) in [4.78, 5) is 33.1. The molecule has 0 heterocycles. The van der Waals surface area contributed by atoms with Gasteiger partial charge in [-0.2, -0.15) is 0 Å². The number of nitro benzene ring substituents is 1. The fraction of sp³-hybridized carbons (Fsp3) is 0.231. The highest BCUT2D eigenvalue weighted by Gasteiger charge is 2.17. The predicted octanol–water partition coefficient (Wildman–Crippen LogP) is 1.25. The lowest BCUT2D eigenvalue weighted by Gasteiger charge is -2.12. The number of nitro groups is 1. The average molecular weight is 310 g/mol. The van der Waals surface area contributed by atoms with Gasteiger partial charge in [0.25, 0.3) is 5.69 Å². The summed E-state index contributed by atoms with van der Waals surface area (Å²) in [6.45, 7) is 0. The quantitative estimate of drug-likeness (QED) is 0.361. The van der Waals surface area contributed by atoms with Crippen molar-refractivity contribution in [3.8, 4) is 5.75 Å². The van der Waals surface area contributed by atoms with Crippen molar-refractivity contribution in [1.29, 1.82) is 0 Å². The molecular weight excluding hydrogens is 296 g/mol. The van der Waals surface area contributed by atoms with E-state index in [9.17, 15) is 19.7 Å². The lowest BCUT2D eigenvalue weighted by molar-refractivity contribution is -0.384. The summed E-state index contributed by atoms with van der Waals surface area (Å²) in [5, 5.41) is 13.4. The van der Waals surface area contributed by atoms with Crippen LogP contribution in [0.3, 0.4) is 0 Å². The first kappa shape index (κ1) is 17.0. The molecule has 0 aliphatic rings. The van der Waals surface area contributed by atoms with Gasteiger partial charge in [0.15, 0.2) is 0 Å². The van der Waals surface area contributed by atoms with Gasteiger partial charge in [-0.3, -0.25) is 10.1 Å². The van der Waals surface area contributed by atoms with E-state index in [0.717, 1.165) is 26.4 Å². The summed E-state index contributed by atoms with van der Waals surface area (Å²) >= 11 is 0.